The standard InChI is InChI=1S/C30H32Cl3N3O4S/c1-21(30(38)34-26-11-4-2-5-12-26)35(19-22-9-8-10-23(31)15-22)29(37)20-36(27-17-24(32)16-25(33)18-27)41(39,40)28-13-6-3-7-14-28/h3,6-10,13-18,21,26H,2,4-5,11-12,19-20H2,1H3,(H,34,38). The number of anilines is 1. The minimum absolute atomic E-state index is 0.00613. The lowest BCUT2D eigenvalue weighted by atomic mass is 9.95. The molecule has 0 radical (unpaired) electrons. The van der Waals surface area contributed by atoms with Crippen LogP contribution in [-0.2, 0) is 26.2 Å². The smallest absolute Gasteiger partial charge is 0.264 e. The molecule has 41 heavy (non-hydrogen) atoms. The van der Waals surface area contributed by atoms with Gasteiger partial charge in [-0.05, 0) is 67.8 Å². The minimum atomic E-state index is -4.22. The highest BCUT2D eigenvalue weighted by Gasteiger charge is 2.33. The van der Waals surface area contributed by atoms with Gasteiger partial charge in [0.15, 0.2) is 0 Å². The Morgan fingerprint density at radius 1 is 0.878 bits per heavy atom. The van der Waals surface area contributed by atoms with Crippen molar-refractivity contribution >= 4 is 62.3 Å². The van der Waals surface area contributed by atoms with Crippen molar-refractivity contribution in [3.63, 3.8) is 0 Å². The van der Waals surface area contributed by atoms with E-state index in [-0.39, 0.29) is 39.1 Å². The molecule has 3 aromatic carbocycles. The third-order valence-corrected chi connectivity index (χ3v) is 9.57. The Morgan fingerprint density at radius 2 is 1.54 bits per heavy atom. The number of carbonyl (C=O) groups is 2. The highest BCUT2D eigenvalue weighted by Crippen LogP contribution is 2.30. The van der Waals surface area contributed by atoms with Crippen molar-refractivity contribution in [2.45, 2.75) is 62.6 Å². The minimum Gasteiger partial charge on any atom is -0.352 e. The summed E-state index contributed by atoms with van der Waals surface area (Å²) in [6, 6.07) is 18.3. The molecule has 218 valence electrons. The molecule has 1 aliphatic carbocycles. The van der Waals surface area contributed by atoms with Crippen LogP contribution in [0.3, 0.4) is 0 Å². The van der Waals surface area contributed by atoms with Crippen LogP contribution in [0.2, 0.25) is 15.1 Å². The first-order chi connectivity index (χ1) is 19.5. The number of hydrogen-bond acceptors (Lipinski definition) is 4. The fourth-order valence-corrected chi connectivity index (χ4v) is 7.06. The Bertz CT molecular complexity index is 1460. The van der Waals surface area contributed by atoms with Gasteiger partial charge in [0.05, 0.1) is 10.6 Å². The largest absolute Gasteiger partial charge is 0.352 e. The normalized spacial score (nSPS) is 14.7. The summed E-state index contributed by atoms with van der Waals surface area (Å²) in [4.78, 5) is 28.8. The molecule has 1 saturated carbocycles. The molecule has 0 aromatic heterocycles. The van der Waals surface area contributed by atoms with E-state index in [0.717, 1.165) is 36.4 Å². The fraction of sp³-hybridized carbons (Fsp3) is 0.333. The van der Waals surface area contributed by atoms with E-state index in [2.05, 4.69) is 5.32 Å². The number of hydrogen-bond donors (Lipinski definition) is 1. The predicted octanol–water partition coefficient (Wildman–Crippen LogP) is 6.71. The Kier molecular flexibility index (Phi) is 10.6. The van der Waals surface area contributed by atoms with Gasteiger partial charge in [-0.25, -0.2) is 8.42 Å². The quantitative estimate of drug-likeness (QED) is 0.268. The Balaban J connectivity index is 1.69. The van der Waals surface area contributed by atoms with Crippen LogP contribution in [0.15, 0.2) is 77.7 Å². The maximum Gasteiger partial charge on any atom is 0.264 e. The molecule has 7 nitrogen and oxygen atoms in total. The van der Waals surface area contributed by atoms with Crippen LogP contribution in [0.1, 0.15) is 44.6 Å². The second kappa shape index (κ2) is 13.9. The van der Waals surface area contributed by atoms with E-state index in [9.17, 15) is 18.0 Å². The molecular formula is C30H32Cl3N3O4S. The molecule has 2 amide bonds. The van der Waals surface area contributed by atoms with Crippen LogP contribution in [-0.4, -0.2) is 43.8 Å². The Morgan fingerprint density at radius 3 is 2.17 bits per heavy atom. The van der Waals surface area contributed by atoms with Gasteiger partial charge in [0, 0.05) is 27.7 Å². The maximum atomic E-state index is 14.0. The number of rotatable bonds is 10. The summed E-state index contributed by atoms with van der Waals surface area (Å²) in [6.45, 7) is 1.11. The number of amides is 2. The molecule has 1 N–H and O–H groups in total. The van der Waals surface area contributed by atoms with Gasteiger partial charge >= 0.3 is 0 Å². The van der Waals surface area contributed by atoms with Crippen molar-refractivity contribution in [2.24, 2.45) is 0 Å². The maximum absolute atomic E-state index is 14.0. The zero-order valence-corrected chi connectivity index (χ0v) is 25.7. The van der Waals surface area contributed by atoms with E-state index in [0.29, 0.717) is 10.6 Å². The van der Waals surface area contributed by atoms with E-state index in [1.807, 2.05) is 0 Å². The summed E-state index contributed by atoms with van der Waals surface area (Å²) in [7, 11) is -4.22. The van der Waals surface area contributed by atoms with Gasteiger partial charge in [0.1, 0.15) is 12.6 Å². The molecule has 4 rings (SSSR count). The number of nitrogens with one attached hydrogen (secondary N) is 1. The predicted molar refractivity (Wildman–Crippen MR) is 164 cm³/mol. The SMILES string of the molecule is CC(C(=O)NC1CCCCC1)N(Cc1cccc(Cl)c1)C(=O)CN(c1cc(Cl)cc(Cl)c1)S(=O)(=O)c1ccccc1. The van der Waals surface area contributed by atoms with Crippen molar-refractivity contribution < 1.29 is 18.0 Å². The first kappa shape index (κ1) is 31.2. The molecule has 1 fully saturated rings. The van der Waals surface area contributed by atoms with Crippen molar-refractivity contribution in [1.82, 2.24) is 10.2 Å². The summed E-state index contributed by atoms with van der Waals surface area (Å²) in [6.07, 6.45) is 5.00. The summed E-state index contributed by atoms with van der Waals surface area (Å²) < 4.78 is 28.7. The van der Waals surface area contributed by atoms with E-state index in [1.165, 1.54) is 35.2 Å². The van der Waals surface area contributed by atoms with Gasteiger partial charge in [-0.2, -0.15) is 0 Å². The van der Waals surface area contributed by atoms with E-state index in [1.54, 1.807) is 49.4 Å². The third-order valence-electron chi connectivity index (χ3n) is 7.11. The average Bonchev–Trinajstić information content (AvgIpc) is 2.94. The fourth-order valence-electron chi connectivity index (χ4n) is 4.92. The lowest BCUT2D eigenvalue weighted by Crippen LogP contribution is -2.53. The van der Waals surface area contributed by atoms with Crippen molar-refractivity contribution in [1.29, 1.82) is 0 Å². The average molecular weight is 637 g/mol. The molecule has 0 bridgehead atoms. The summed E-state index contributed by atoms with van der Waals surface area (Å²) in [5.74, 6) is -0.873. The summed E-state index contributed by atoms with van der Waals surface area (Å²) >= 11 is 18.7. The number of nitrogens with zero attached hydrogens (tertiary/aromatic N) is 2. The molecule has 1 atom stereocenters. The van der Waals surface area contributed by atoms with E-state index in [4.69, 9.17) is 34.8 Å². The number of halogens is 3. The molecule has 3 aromatic rings. The van der Waals surface area contributed by atoms with Gasteiger partial charge < -0.3 is 10.2 Å². The highest BCUT2D eigenvalue weighted by molar-refractivity contribution is 7.92. The first-order valence-electron chi connectivity index (χ1n) is 13.4. The van der Waals surface area contributed by atoms with Crippen LogP contribution in [0.4, 0.5) is 5.69 Å². The summed E-state index contributed by atoms with van der Waals surface area (Å²) in [5.41, 5.74) is 0.827. The molecule has 0 spiro atoms. The Hall–Kier alpha value is -2.78. The molecule has 11 heteroatoms. The first-order valence-corrected chi connectivity index (χ1v) is 16.0. The van der Waals surface area contributed by atoms with E-state index < -0.39 is 28.5 Å². The molecule has 0 saturated heterocycles. The van der Waals surface area contributed by atoms with Crippen molar-refractivity contribution in [3.8, 4) is 0 Å². The lowest BCUT2D eigenvalue weighted by Gasteiger charge is -2.33. The van der Waals surface area contributed by atoms with Crippen LogP contribution >= 0.6 is 34.8 Å². The second-order valence-corrected chi connectivity index (χ2v) is 13.3. The topological polar surface area (TPSA) is 86.8 Å². The lowest BCUT2D eigenvalue weighted by molar-refractivity contribution is -0.139. The third kappa shape index (κ3) is 8.16. The van der Waals surface area contributed by atoms with Crippen LogP contribution < -0.4 is 9.62 Å². The molecular weight excluding hydrogens is 605 g/mol. The van der Waals surface area contributed by atoms with Crippen molar-refractivity contribution in [3.05, 3.63) is 93.4 Å². The highest BCUT2D eigenvalue weighted by atomic mass is 35.5. The zero-order valence-electron chi connectivity index (χ0n) is 22.6. The molecule has 0 heterocycles. The van der Waals surface area contributed by atoms with Gasteiger partial charge in [-0.15, -0.1) is 0 Å². The van der Waals surface area contributed by atoms with E-state index >= 15 is 0 Å². The summed E-state index contributed by atoms with van der Waals surface area (Å²) in [5, 5.41) is 3.99. The second-order valence-electron chi connectivity index (χ2n) is 10.1. The Labute approximate surface area is 256 Å². The number of benzene rings is 3. The van der Waals surface area contributed by atoms with Gasteiger partial charge in [-0.3, -0.25) is 13.9 Å². The number of sulfonamides is 1. The monoisotopic (exact) mass is 635 g/mol. The van der Waals surface area contributed by atoms with Crippen LogP contribution in [0, 0.1) is 0 Å². The number of carbonyl (C=O) groups excluding carboxylic acids is 2. The van der Waals surface area contributed by atoms with Crippen LogP contribution in [0.5, 0.6) is 0 Å². The van der Waals surface area contributed by atoms with Gasteiger partial charge in [0.2, 0.25) is 11.8 Å². The zero-order chi connectivity index (χ0) is 29.6. The molecule has 1 unspecified atom stereocenters. The van der Waals surface area contributed by atoms with Crippen LogP contribution in [0.25, 0.3) is 0 Å². The van der Waals surface area contributed by atoms with Crippen molar-refractivity contribution in [2.75, 3.05) is 10.8 Å². The van der Waals surface area contributed by atoms with Gasteiger partial charge in [-0.1, -0.05) is 84.4 Å². The molecule has 1 aliphatic rings. The van der Waals surface area contributed by atoms with Gasteiger partial charge in [0.25, 0.3) is 10.0 Å². The molecule has 0 aliphatic heterocycles.